The minimum Gasteiger partial charge on any atom is -0.481 e. The van der Waals surface area contributed by atoms with E-state index in [1.807, 2.05) is 91.0 Å². The first-order valence-corrected chi connectivity index (χ1v) is 18.7. The number of nitrogens with one attached hydrogen (secondary N) is 3. The van der Waals surface area contributed by atoms with Crippen LogP contribution in [0.25, 0.3) is 0 Å². The van der Waals surface area contributed by atoms with Crippen molar-refractivity contribution in [3.8, 4) is 0 Å². The summed E-state index contributed by atoms with van der Waals surface area (Å²) in [5.74, 6) is -2.80. The zero-order chi connectivity index (χ0) is 38.5. The van der Waals surface area contributed by atoms with Gasteiger partial charge in [-0.2, -0.15) is 0 Å². The fourth-order valence-electron chi connectivity index (χ4n) is 7.64. The van der Waals surface area contributed by atoms with Crippen LogP contribution in [-0.2, 0) is 43.2 Å². The number of nitrogens with zero attached hydrogens (tertiary/aromatic N) is 2. The number of aryl methyl sites for hydroxylation is 1. The van der Waals surface area contributed by atoms with Gasteiger partial charge in [0.05, 0.1) is 12.8 Å². The van der Waals surface area contributed by atoms with Crippen LogP contribution in [0.15, 0.2) is 96.0 Å². The summed E-state index contributed by atoms with van der Waals surface area (Å²) in [6.45, 7) is 0.216. The number of aliphatic imine (C=N–C) groups is 1. The van der Waals surface area contributed by atoms with Crippen LogP contribution in [0.3, 0.4) is 0 Å². The molecular weight excluding hydrogens is 686 g/mol. The van der Waals surface area contributed by atoms with E-state index in [2.05, 4.69) is 20.9 Å². The molecule has 2 fully saturated rings. The lowest BCUT2D eigenvalue weighted by Crippen LogP contribution is -2.60. The van der Waals surface area contributed by atoms with Crippen molar-refractivity contribution in [2.75, 3.05) is 6.54 Å². The van der Waals surface area contributed by atoms with Crippen LogP contribution < -0.4 is 27.4 Å². The van der Waals surface area contributed by atoms with Crippen molar-refractivity contribution in [2.24, 2.45) is 22.4 Å². The third kappa shape index (κ3) is 11.4. The molecule has 2 aliphatic heterocycles. The maximum atomic E-state index is 14.3. The number of fused-ring (bicyclic) bond motifs is 1. The minimum absolute atomic E-state index is 0.0276. The summed E-state index contributed by atoms with van der Waals surface area (Å²) in [5.41, 5.74) is 13.9. The molecule has 8 N–H and O–H groups in total. The number of benzene rings is 3. The topological polar surface area (TPSA) is 209 Å². The number of aliphatic carboxylic acids is 1. The summed E-state index contributed by atoms with van der Waals surface area (Å²) < 4.78 is 0. The third-order valence-electron chi connectivity index (χ3n) is 10.2. The maximum Gasteiger partial charge on any atom is 0.305 e. The number of carbonyl (C=O) groups is 5. The standard InChI is InChI=1S/C41H51N7O6/c42-41(43)44-22-10-17-32(38(52)45-31(26-37(50)51)19-18-27-11-4-1-5-12-27)47-39(53)35-25-30(23-28-13-6-2-7-14-28)34-21-20-33(40(54)48(34)35)46-36(49)24-29-15-8-3-9-16-29/h1-9,11-16,30-35H,10,17-26H2,(H,45,52)(H,46,49)(H,47,53)(H,50,51)(H4,42,43,44)/t30-,31+,32+,33+,34+,35+/m1/s1. The van der Waals surface area contributed by atoms with Gasteiger partial charge in [0, 0.05) is 18.6 Å². The summed E-state index contributed by atoms with van der Waals surface area (Å²) in [5, 5.41) is 18.3. The van der Waals surface area contributed by atoms with Crippen LogP contribution >= 0.6 is 0 Å². The van der Waals surface area contributed by atoms with Crippen LogP contribution in [-0.4, -0.2) is 82.3 Å². The van der Waals surface area contributed by atoms with Gasteiger partial charge in [-0.1, -0.05) is 91.0 Å². The van der Waals surface area contributed by atoms with E-state index < -0.39 is 42.0 Å². The largest absolute Gasteiger partial charge is 0.481 e. The zero-order valence-electron chi connectivity index (χ0n) is 30.4. The van der Waals surface area contributed by atoms with Crippen LogP contribution in [0, 0.1) is 5.92 Å². The minimum atomic E-state index is -1.06. The summed E-state index contributed by atoms with van der Waals surface area (Å²) in [4.78, 5) is 72.8. The average molecular weight is 738 g/mol. The van der Waals surface area contributed by atoms with Gasteiger partial charge in [-0.15, -0.1) is 0 Å². The molecule has 5 rings (SSSR count). The van der Waals surface area contributed by atoms with Crippen molar-refractivity contribution in [3.63, 3.8) is 0 Å². The van der Waals surface area contributed by atoms with Crippen molar-refractivity contribution >= 4 is 35.6 Å². The predicted molar refractivity (Wildman–Crippen MR) is 205 cm³/mol. The Kier molecular flexibility index (Phi) is 14.2. The van der Waals surface area contributed by atoms with Crippen molar-refractivity contribution in [1.29, 1.82) is 0 Å². The van der Waals surface area contributed by atoms with Gasteiger partial charge in [-0.25, -0.2) is 0 Å². The first-order chi connectivity index (χ1) is 26.1. The zero-order valence-corrected chi connectivity index (χ0v) is 30.4. The molecular formula is C41H51N7O6. The highest BCUT2D eigenvalue weighted by Crippen LogP contribution is 2.39. The van der Waals surface area contributed by atoms with Gasteiger partial charge in [0.25, 0.3) is 0 Å². The lowest BCUT2D eigenvalue weighted by molar-refractivity contribution is -0.147. The third-order valence-corrected chi connectivity index (χ3v) is 10.2. The first kappa shape index (κ1) is 39.5. The molecule has 3 aromatic rings. The number of piperidine rings is 1. The quantitative estimate of drug-likeness (QED) is 0.0648. The molecule has 0 spiro atoms. The lowest BCUT2D eigenvalue weighted by atomic mass is 9.86. The normalized spacial score (nSPS) is 20.2. The highest BCUT2D eigenvalue weighted by atomic mass is 16.4. The number of carbonyl (C=O) groups excluding carboxylic acids is 4. The van der Waals surface area contributed by atoms with E-state index in [-0.39, 0.29) is 55.5 Å². The van der Waals surface area contributed by atoms with Gasteiger partial charge in [-0.05, 0) is 74.0 Å². The fraction of sp³-hybridized carbons (Fsp3) is 0.415. The Morgan fingerprint density at radius 2 is 1.46 bits per heavy atom. The number of carboxylic acids is 1. The summed E-state index contributed by atoms with van der Waals surface area (Å²) in [6.07, 6.45) is 3.36. The van der Waals surface area contributed by atoms with Crippen LogP contribution in [0.1, 0.15) is 61.6 Å². The molecule has 6 atom stereocenters. The van der Waals surface area contributed by atoms with Gasteiger partial charge in [-0.3, -0.25) is 29.0 Å². The second kappa shape index (κ2) is 19.4. The fourth-order valence-corrected chi connectivity index (χ4v) is 7.64. The molecule has 0 bridgehead atoms. The predicted octanol–water partition coefficient (Wildman–Crippen LogP) is 2.47. The number of carboxylic acid groups (broad SMARTS) is 1. The average Bonchev–Trinajstić information content (AvgIpc) is 3.52. The second-order valence-electron chi connectivity index (χ2n) is 14.2. The van der Waals surface area contributed by atoms with Crippen molar-refractivity contribution < 1.29 is 29.1 Å². The molecule has 0 aromatic heterocycles. The molecule has 0 radical (unpaired) electrons. The van der Waals surface area contributed by atoms with Gasteiger partial charge >= 0.3 is 5.97 Å². The van der Waals surface area contributed by atoms with Gasteiger partial charge in [0.2, 0.25) is 23.6 Å². The van der Waals surface area contributed by atoms with Crippen LogP contribution in [0.2, 0.25) is 0 Å². The van der Waals surface area contributed by atoms with E-state index in [1.54, 1.807) is 4.90 Å². The molecule has 0 unspecified atom stereocenters. The Bertz CT molecular complexity index is 1750. The number of nitrogens with two attached hydrogens (primary N) is 2. The van der Waals surface area contributed by atoms with E-state index in [0.29, 0.717) is 44.9 Å². The van der Waals surface area contributed by atoms with Crippen LogP contribution in [0.5, 0.6) is 0 Å². The number of hydrogen-bond donors (Lipinski definition) is 6. The molecule has 4 amide bonds. The highest BCUT2D eigenvalue weighted by molar-refractivity contribution is 5.95. The molecule has 54 heavy (non-hydrogen) atoms. The summed E-state index contributed by atoms with van der Waals surface area (Å²) in [6, 6.07) is 25.1. The van der Waals surface area contributed by atoms with Crippen molar-refractivity contribution in [3.05, 3.63) is 108 Å². The van der Waals surface area contributed by atoms with Gasteiger partial charge in [0.15, 0.2) is 5.96 Å². The summed E-state index contributed by atoms with van der Waals surface area (Å²) in [7, 11) is 0. The number of guanidine groups is 1. The van der Waals surface area contributed by atoms with Crippen molar-refractivity contribution in [1.82, 2.24) is 20.9 Å². The summed E-state index contributed by atoms with van der Waals surface area (Å²) >= 11 is 0. The van der Waals surface area contributed by atoms with E-state index in [1.165, 1.54) is 0 Å². The Morgan fingerprint density at radius 3 is 2.09 bits per heavy atom. The van der Waals surface area contributed by atoms with E-state index in [0.717, 1.165) is 16.7 Å². The smallest absolute Gasteiger partial charge is 0.305 e. The van der Waals surface area contributed by atoms with Gasteiger partial charge in [0.1, 0.15) is 18.1 Å². The highest BCUT2D eigenvalue weighted by Gasteiger charge is 2.51. The molecule has 286 valence electrons. The first-order valence-electron chi connectivity index (χ1n) is 18.7. The molecule has 2 heterocycles. The lowest BCUT2D eigenvalue weighted by Gasteiger charge is -2.39. The maximum absolute atomic E-state index is 14.3. The van der Waals surface area contributed by atoms with Crippen molar-refractivity contribution in [2.45, 2.75) is 94.4 Å². The monoisotopic (exact) mass is 737 g/mol. The Balaban J connectivity index is 1.33. The number of amides is 4. The molecule has 13 heteroatoms. The second-order valence-corrected chi connectivity index (χ2v) is 14.2. The number of hydrogen-bond acceptors (Lipinski definition) is 6. The SMILES string of the molecule is NC(N)=NCCC[C@H](NC(=O)[C@@H]1C[C@@H](Cc2ccccc2)[C@@H]2CC[C@H](NC(=O)Cc3ccccc3)C(=O)N12)C(=O)N[C@@H](CCc1ccccc1)CC(=O)O. The Hall–Kier alpha value is -5.72. The molecule has 2 saturated heterocycles. The molecule has 0 saturated carbocycles. The van der Waals surface area contributed by atoms with E-state index in [4.69, 9.17) is 11.5 Å². The Labute approximate surface area is 316 Å². The molecule has 13 nitrogen and oxygen atoms in total. The van der Waals surface area contributed by atoms with E-state index in [9.17, 15) is 29.1 Å². The molecule has 2 aliphatic rings. The molecule has 3 aromatic carbocycles. The van der Waals surface area contributed by atoms with Gasteiger partial charge < -0.3 is 37.4 Å². The van der Waals surface area contributed by atoms with Crippen LogP contribution in [0.4, 0.5) is 0 Å². The molecule has 0 aliphatic carbocycles. The number of rotatable bonds is 18. The Morgan fingerprint density at radius 1 is 0.833 bits per heavy atom. The van der Waals surface area contributed by atoms with E-state index >= 15 is 0 Å².